The van der Waals surface area contributed by atoms with Crippen LogP contribution in [-0.4, -0.2) is 137 Å². The largest absolute Gasteiger partial charge is 0.462 e. The molecule has 19 heteroatoms. The van der Waals surface area contributed by atoms with Gasteiger partial charge in [0.15, 0.2) is 24.8 Å². The van der Waals surface area contributed by atoms with E-state index in [1.165, 1.54) is 154 Å². The summed E-state index contributed by atoms with van der Waals surface area (Å²) in [7, 11) is 2.11. The van der Waals surface area contributed by atoms with Gasteiger partial charge in [0.25, 0.3) is 0 Å². The minimum Gasteiger partial charge on any atom is -0.462 e. The lowest BCUT2D eigenvalue weighted by molar-refractivity contribution is -0.297. The lowest BCUT2D eigenvalue weighted by Gasteiger charge is -2.46. The third-order valence-corrected chi connectivity index (χ3v) is 19.4. The molecule has 96 heavy (non-hydrogen) atoms. The molecule has 2 aliphatic heterocycles. The number of ether oxygens (including phenoxy) is 6. The highest BCUT2D eigenvalue weighted by atomic mass is 31.0. The summed E-state index contributed by atoms with van der Waals surface area (Å²) in [5.74, 6) is -2.88. The summed E-state index contributed by atoms with van der Waals surface area (Å²) in [4.78, 5) is 68.2. The Hall–Kier alpha value is -2.80. The van der Waals surface area contributed by atoms with E-state index >= 15 is 0 Å². The number of amides is 2. The van der Waals surface area contributed by atoms with Crippen LogP contribution in [0.1, 0.15) is 362 Å². The van der Waals surface area contributed by atoms with Gasteiger partial charge in [-0.3, -0.25) is 24.0 Å². The van der Waals surface area contributed by atoms with Crippen LogP contribution in [-0.2, 0) is 56.9 Å². The average Bonchev–Trinajstić information content (AvgIpc) is 0.819. The second kappa shape index (κ2) is 60.9. The molecule has 0 spiro atoms. The van der Waals surface area contributed by atoms with Gasteiger partial charge in [-0.05, 0) is 51.4 Å². The Morgan fingerprint density at radius 3 is 1.40 bits per heavy atom. The van der Waals surface area contributed by atoms with Crippen LogP contribution in [0.3, 0.4) is 0 Å². The Kier molecular flexibility index (Phi) is 56.7. The Labute approximate surface area is 585 Å². The topological polar surface area (TPSA) is 255 Å². The van der Waals surface area contributed by atoms with Crippen LogP contribution in [0.15, 0.2) is 12.2 Å². The molecule has 6 N–H and O–H groups in total. The monoisotopic (exact) mass is 1380 g/mol. The predicted molar refractivity (Wildman–Crippen MR) is 386 cm³/mol. The van der Waals surface area contributed by atoms with Gasteiger partial charge in [-0.1, -0.05) is 291 Å². The highest BCUT2D eigenvalue weighted by Crippen LogP contribution is 2.32. The summed E-state index contributed by atoms with van der Waals surface area (Å²) in [6, 6.07) is -2.72. The predicted octanol–water partition coefficient (Wildman–Crippen LogP) is 16.6. The third-order valence-electron chi connectivity index (χ3n) is 19.1. The number of nitrogens with one attached hydrogen (secondary N) is 2. The van der Waals surface area contributed by atoms with Crippen molar-refractivity contribution in [2.24, 2.45) is 0 Å². The number of carbonyl (C=O) groups is 5. The molecule has 0 aromatic heterocycles. The number of hydrogen-bond acceptors (Lipinski definition) is 16. The van der Waals surface area contributed by atoms with Crippen LogP contribution in [0, 0.1) is 0 Å². The SMILES string of the molecule is CCC=CCCCCCC(=O)OC(CCCCCCCCCCC)CC(=O)NC1C(O)OC(COC2OC(CO)C(OP)C(OC(=O)CC)C2NC(=O)CCCCCCCCCCCCCCCCCCCCCCC)C(O)C1OC(=O)CC(O)CCCCCCCCCCC. The molecule has 0 radical (unpaired) electrons. The molecule has 18 nitrogen and oxygen atoms in total. The summed E-state index contributed by atoms with van der Waals surface area (Å²) in [6.07, 6.45) is 41.3. The summed E-state index contributed by atoms with van der Waals surface area (Å²) < 4.78 is 42.0. The summed E-state index contributed by atoms with van der Waals surface area (Å²) in [5.41, 5.74) is 0. The zero-order valence-electron chi connectivity index (χ0n) is 61.3. The van der Waals surface area contributed by atoms with E-state index in [4.69, 9.17) is 32.9 Å². The number of allylic oxidation sites excluding steroid dienone is 2. The van der Waals surface area contributed by atoms with Gasteiger partial charge < -0.3 is 64.0 Å². The summed E-state index contributed by atoms with van der Waals surface area (Å²) >= 11 is 0. The fraction of sp³-hybridized carbons (Fsp3) is 0.909. The third kappa shape index (κ3) is 43.8. The van der Waals surface area contributed by atoms with E-state index in [0.29, 0.717) is 32.1 Å². The highest BCUT2D eigenvalue weighted by molar-refractivity contribution is 7.09. The smallest absolute Gasteiger partial charge is 0.308 e. The van der Waals surface area contributed by atoms with E-state index in [9.17, 15) is 44.4 Å². The van der Waals surface area contributed by atoms with Crippen molar-refractivity contribution in [3.63, 3.8) is 0 Å². The van der Waals surface area contributed by atoms with Crippen molar-refractivity contribution in [1.29, 1.82) is 0 Å². The van der Waals surface area contributed by atoms with Crippen LogP contribution in [0.2, 0.25) is 0 Å². The van der Waals surface area contributed by atoms with E-state index in [2.05, 4.69) is 59.9 Å². The normalized spacial score (nSPS) is 21.9. The molecule has 0 aromatic carbocycles. The zero-order valence-corrected chi connectivity index (χ0v) is 62.5. The van der Waals surface area contributed by atoms with Crippen LogP contribution in [0.4, 0.5) is 0 Å². The minimum absolute atomic E-state index is 0.00676. The molecule has 0 bridgehead atoms. The first-order valence-electron chi connectivity index (χ1n) is 39.5. The van der Waals surface area contributed by atoms with Gasteiger partial charge in [-0.25, -0.2) is 0 Å². The van der Waals surface area contributed by atoms with Crippen LogP contribution >= 0.6 is 9.47 Å². The highest BCUT2D eigenvalue weighted by Gasteiger charge is 2.52. The van der Waals surface area contributed by atoms with Gasteiger partial charge in [0.2, 0.25) is 11.8 Å². The number of aliphatic hydroxyl groups excluding tert-OH is 4. The standard InChI is InChI=1S/C77H143N2O16P/c1-6-11-15-19-23-26-27-28-29-30-31-32-33-34-35-36-37-40-44-47-51-55-65(82)78-71-75(93-67(84)10-5)73(95-96)63(59-80)92-77(71)89-60-64-72(87)74(94-69(86)57-61(81)53-49-45-42-38-24-20-16-12-7-2)70(76(88)91-64)79-66(83)58-62(54-50-46-43-39-25-21-17-13-8-3)90-68(85)56-52-48-41-22-18-14-9-4/h14,18,61-64,70-77,80-81,87-88H,6-13,15-17,19-60,96H2,1-5H3,(H,78,82)(H,79,83). The fourth-order valence-corrected chi connectivity index (χ4v) is 13.5. The summed E-state index contributed by atoms with van der Waals surface area (Å²) in [5, 5.41) is 51.4. The molecule has 2 saturated heterocycles. The first-order valence-corrected chi connectivity index (χ1v) is 40.0. The van der Waals surface area contributed by atoms with Crippen molar-refractivity contribution < 1.29 is 77.3 Å². The molecule has 13 atom stereocenters. The van der Waals surface area contributed by atoms with Crippen molar-refractivity contribution in [3.05, 3.63) is 12.2 Å². The van der Waals surface area contributed by atoms with Crippen molar-refractivity contribution in [2.75, 3.05) is 13.2 Å². The number of hydrogen-bond donors (Lipinski definition) is 6. The van der Waals surface area contributed by atoms with Gasteiger partial charge in [-0.15, -0.1) is 0 Å². The lowest BCUT2D eigenvalue weighted by atomic mass is 9.95. The van der Waals surface area contributed by atoms with Gasteiger partial charge in [-0.2, -0.15) is 0 Å². The second-order valence-corrected chi connectivity index (χ2v) is 28.1. The Morgan fingerprint density at radius 2 is 0.917 bits per heavy atom. The van der Waals surface area contributed by atoms with Crippen LogP contribution in [0.25, 0.3) is 0 Å². The first kappa shape index (κ1) is 89.3. The number of aliphatic hydroxyl groups is 4. The number of esters is 3. The van der Waals surface area contributed by atoms with Crippen molar-refractivity contribution in [2.45, 2.75) is 436 Å². The van der Waals surface area contributed by atoms with E-state index < -0.39 is 117 Å². The second-order valence-electron chi connectivity index (χ2n) is 27.9. The van der Waals surface area contributed by atoms with Crippen LogP contribution in [0.5, 0.6) is 0 Å². The van der Waals surface area contributed by atoms with E-state index in [0.717, 1.165) is 109 Å². The molecule has 13 unspecified atom stereocenters. The Balaban J connectivity index is 2.21. The molecular weight excluding hydrogens is 1240 g/mol. The number of unbranched alkanes of at least 4 members (excludes halogenated alkanes) is 39. The van der Waals surface area contributed by atoms with Gasteiger partial charge in [0.1, 0.15) is 42.6 Å². The van der Waals surface area contributed by atoms with E-state index in [1.54, 1.807) is 6.92 Å². The quantitative estimate of drug-likeness (QED) is 0.0109. The van der Waals surface area contributed by atoms with Crippen molar-refractivity contribution in [3.8, 4) is 0 Å². The molecule has 2 amide bonds. The maximum Gasteiger partial charge on any atom is 0.308 e. The zero-order chi connectivity index (χ0) is 70.1. The maximum absolute atomic E-state index is 14.2. The van der Waals surface area contributed by atoms with Crippen molar-refractivity contribution >= 4 is 39.2 Å². The Bertz CT molecular complexity index is 1940. The lowest BCUT2D eigenvalue weighted by Crippen LogP contribution is -2.67. The van der Waals surface area contributed by atoms with Gasteiger partial charge in [0, 0.05) is 28.7 Å². The number of rotatable bonds is 64. The number of carbonyl (C=O) groups excluding carboxylic acids is 5. The average molecular weight is 1380 g/mol. The molecule has 0 aromatic rings. The van der Waals surface area contributed by atoms with Crippen molar-refractivity contribution in [1.82, 2.24) is 10.6 Å². The molecule has 2 fully saturated rings. The molecule has 2 rings (SSSR count). The molecule has 2 heterocycles. The fourth-order valence-electron chi connectivity index (χ4n) is 13.2. The summed E-state index contributed by atoms with van der Waals surface area (Å²) in [6.45, 7) is 9.22. The van der Waals surface area contributed by atoms with Gasteiger partial charge in [0.05, 0.1) is 32.2 Å². The molecular formula is C77H143N2O16P. The van der Waals surface area contributed by atoms with E-state index in [-0.39, 0.29) is 31.6 Å². The Morgan fingerprint density at radius 1 is 0.469 bits per heavy atom. The molecule has 0 saturated carbocycles. The first-order chi connectivity index (χ1) is 46.8. The molecule has 562 valence electrons. The van der Waals surface area contributed by atoms with Crippen LogP contribution < -0.4 is 10.6 Å². The maximum atomic E-state index is 14.2. The molecule has 2 aliphatic rings. The minimum atomic E-state index is -1.89. The van der Waals surface area contributed by atoms with E-state index in [1.807, 2.05) is 0 Å². The molecule has 0 aliphatic carbocycles. The van der Waals surface area contributed by atoms with Gasteiger partial charge >= 0.3 is 17.9 Å².